The first kappa shape index (κ1) is 22.2. The zero-order valence-corrected chi connectivity index (χ0v) is 17.7. The average Bonchev–Trinajstić information content (AvgIpc) is 2.64. The van der Waals surface area contributed by atoms with E-state index in [4.69, 9.17) is 13.8 Å². The minimum Gasteiger partial charge on any atom is -0.465 e. The van der Waals surface area contributed by atoms with Gasteiger partial charge in [0.15, 0.2) is 10.5 Å². The Morgan fingerprint density at radius 2 is 1.78 bits per heavy atom. The number of Topliss-reactive ketones (excluding diaryl/α,β-unsaturated/α-hetero) is 1. The Balaban J connectivity index is 2.31. The number of ether oxygens (including phenoxy) is 1. The van der Waals surface area contributed by atoms with Crippen LogP contribution >= 0.6 is 18.2 Å². The van der Waals surface area contributed by atoms with E-state index in [1.807, 2.05) is 30.3 Å². The van der Waals surface area contributed by atoms with Crippen molar-refractivity contribution in [2.24, 2.45) is 0 Å². The minimum absolute atomic E-state index is 0.0282. The molecule has 2 atom stereocenters. The van der Waals surface area contributed by atoms with E-state index in [1.54, 1.807) is 20.8 Å². The number of carbonyl (C=O) groups excluding carboxylic acids is 2. The number of hydrogen-bond acceptors (Lipinski definition) is 7. The molecule has 1 aromatic carbocycles. The summed E-state index contributed by atoms with van der Waals surface area (Å²) in [4.78, 5) is 25.9. The topological polar surface area (TPSA) is 78.9 Å². The largest absolute Gasteiger partial charge is 0.465 e. The van der Waals surface area contributed by atoms with Gasteiger partial charge in [-0.25, -0.2) is 4.57 Å². The van der Waals surface area contributed by atoms with Crippen LogP contribution in [0.1, 0.15) is 51.5 Å². The predicted octanol–water partition coefficient (Wildman–Crippen LogP) is 4.74. The highest BCUT2D eigenvalue weighted by atomic mass is 32.7. The third-order valence-electron chi connectivity index (χ3n) is 4.45. The summed E-state index contributed by atoms with van der Waals surface area (Å²) in [7, 11) is 0. The van der Waals surface area contributed by atoms with Gasteiger partial charge in [0.25, 0.3) is 0 Å². The lowest BCUT2D eigenvalue weighted by Crippen LogP contribution is -2.48. The van der Waals surface area contributed by atoms with Gasteiger partial charge in [-0.1, -0.05) is 30.3 Å². The van der Waals surface area contributed by atoms with E-state index in [2.05, 4.69) is 0 Å². The summed E-state index contributed by atoms with van der Waals surface area (Å²) < 4.78 is 27.3. The lowest BCUT2D eigenvalue weighted by Gasteiger charge is -2.37. The van der Waals surface area contributed by atoms with E-state index in [0.29, 0.717) is 17.8 Å². The first-order valence-electron chi connectivity index (χ1n) is 9.26. The second-order valence-electron chi connectivity index (χ2n) is 6.20. The van der Waals surface area contributed by atoms with Crippen molar-refractivity contribution in [1.29, 1.82) is 0 Å². The molecule has 27 heavy (non-hydrogen) atoms. The number of carbonyl (C=O) groups is 2. The zero-order chi connectivity index (χ0) is 19.9. The maximum atomic E-state index is 13.1. The van der Waals surface area contributed by atoms with Crippen LogP contribution < -0.4 is 0 Å². The highest BCUT2D eigenvalue weighted by Gasteiger charge is 2.55. The Kier molecular flexibility index (Phi) is 8.10. The number of benzene rings is 1. The second kappa shape index (κ2) is 9.87. The van der Waals surface area contributed by atoms with Crippen LogP contribution in [0, 0.1) is 0 Å². The fourth-order valence-corrected chi connectivity index (χ4v) is 7.83. The maximum absolute atomic E-state index is 13.1. The molecule has 1 fully saturated rings. The van der Waals surface area contributed by atoms with Gasteiger partial charge >= 0.3 is 12.8 Å². The van der Waals surface area contributed by atoms with E-state index >= 15 is 0 Å². The summed E-state index contributed by atoms with van der Waals surface area (Å²) in [6.07, 6.45) is 1.03. The van der Waals surface area contributed by atoms with E-state index in [1.165, 1.54) is 0 Å². The van der Waals surface area contributed by atoms with Crippen molar-refractivity contribution in [3.8, 4) is 0 Å². The van der Waals surface area contributed by atoms with Crippen molar-refractivity contribution < 1.29 is 27.9 Å². The van der Waals surface area contributed by atoms with Gasteiger partial charge in [-0.05, 0) is 56.5 Å². The van der Waals surface area contributed by atoms with Crippen LogP contribution in [0.15, 0.2) is 30.3 Å². The van der Waals surface area contributed by atoms with Crippen molar-refractivity contribution in [1.82, 2.24) is 0 Å². The van der Waals surface area contributed by atoms with E-state index in [-0.39, 0.29) is 44.4 Å². The van der Waals surface area contributed by atoms with Crippen LogP contribution in [-0.2, 0) is 27.9 Å². The Hall–Kier alpha value is -1.14. The van der Waals surface area contributed by atoms with Gasteiger partial charge < -0.3 is 13.8 Å². The molecule has 0 saturated heterocycles. The highest BCUT2D eigenvalue weighted by molar-refractivity contribution is 8.56. The van der Waals surface area contributed by atoms with Crippen LogP contribution in [0.3, 0.4) is 0 Å². The van der Waals surface area contributed by atoms with Crippen LogP contribution in [-0.4, -0.2) is 36.3 Å². The molecule has 8 heteroatoms. The molecule has 0 bridgehead atoms. The van der Waals surface area contributed by atoms with Gasteiger partial charge in [-0.2, -0.15) is 0 Å². The fraction of sp³-hybridized carbons (Fsp3) is 0.579. The first-order chi connectivity index (χ1) is 12.9. The quantitative estimate of drug-likeness (QED) is 0.328. The molecule has 2 unspecified atom stereocenters. The zero-order valence-electron chi connectivity index (χ0n) is 16.0. The molecule has 0 aliphatic heterocycles. The van der Waals surface area contributed by atoms with Gasteiger partial charge in [0.1, 0.15) is 0 Å². The average molecular weight is 414 g/mol. The van der Waals surface area contributed by atoms with Gasteiger partial charge in [0, 0.05) is 6.42 Å². The van der Waals surface area contributed by atoms with E-state index in [9.17, 15) is 14.2 Å². The van der Waals surface area contributed by atoms with Gasteiger partial charge in [-0.3, -0.25) is 9.59 Å². The molecule has 0 aromatic heterocycles. The standard InChI is InChI=1S/C19H27O6PS/c1-4-23-18(21)19(27-26(22,24-5-2)25-6-3)13-12-16(14-17(19)20)15-10-8-7-9-11-15/h7-11,16H,4-6,12-14H2,1-3H3. The van der Waals surface area contributed by atoms with Crippen LogP contribution in [0.25, 0.3) is 0 Å². The van der Waals surface area contributed by atoms with E-state index < -0.39 is 17.5 Å². The summed E-state index contributed by atoms with van der Waals surface area (Å²) in [6.45, 7) is 1.86. The normalized spacial score (nSPS) is 23.2. The Morgan fingerprint density at radius 1 is 1.15 bits per heavy atom. The molecular weight excluding hydrogens is 387 g/mol. The highest BCUT2D eigenvalue weighted by Crippen LogP contribution is 2.67. The van der Waals surface area contributed by atoms with Crippen molar-refractivity contribution >= 4 is 29.9 Å². The summed E-state index contributed by atoms with van der Waals surface area (Å²) in [5.74, 6) is -0.919. The van der Waals surface area contributed by atoms with Gasteiger partial charge in [-0.15, -0.1) is 0 Å². The monoisotopic (exact) mass is 414 g/mol. The molecule has 6 nitrogen and oxygen atoms in total. The molecule has 2 rings (SSSR count). The summed E-state index contributed by atoms with van der Waals surface area (Å²) >= 11 is 0.705. The molecule has 1 saturated carbocycles. The van der Waals surface area contributed by atoms with Crippen LogP contribution in [0.5, 0.6) is 0 Å². The summed E-state index contributed by atoms with van der Waals surface area (Å²) in [5, 5.41) is 0. The minimum atomic E-state index is -3.66. The Morgan fingerprint density at radius 3 is 2.30 bits per heavy atom. The molecule has 1 aromatic rings. The lowest BCUT2D eigenvalue weighted by molar-refractivity contribution is -0.150. The predicted molar refractivity (Wildman–Crippen MR) is 106 cm³/mol. The van der Waals surface area contributed by atoms with Crippen molar-refractivity contribution in [2.45, 2.75) is 50.7 Å². The number of ketones is 1. The molecule has 1 aliphatic rings. The van der Waals surface area contributed by atoms with Gasteiger partial charge in [0.05, 0.1) is 19.8 Å². The van der Waals surface area contributed by atoms with E-state index in [0.717, 1.165) is 5.56 Å². The molecule has 0 radical (unpaired) electrons. The molecule has 0 N–H and O–H groups in total. The molecule has 0 heterocycles. The smallest absolute Gasteiger partial charge is 0.390 e. The Labute approximate surface area is 164 Å². The number of hydrogen-bond donors (Lipinski definition) is 0. The molecular formula is C19H27O6PS. The lowest BCUT2D eigenvalue weighted by atomic mass is 9.77. The van der Waals surface area contributed by atoms with Crippen molar-refractivity contribution in [2.75, 3.05) is 19.8 Å². The molecule has 1 aliphatic carbocycles. The fourth-order valence-electron chi connectivity index (χ4n) is 3.21. The molecule has 150 valence electrons. The third kappa shape index (κ3) is 5.23. The van der Waals surface area contributed by atoms with Crippen LogP contribution in [0.2, 0.25) is 0 Å². The number of esters is 1. The van der Waals surface area contributed by atoms with Gasteiger partial charge in [0.2, 0.25) is 0 Å². The van der Waals surface area contributed by atoms with Crippen LogP contribution in [0.4, 0.5) is 0 Å². The summed E-state index contributed by atoms with van der Waals surface area (Å²) in [6, 6.07) is 9.75. The maximum Gasteiger partial charge on any atom is 0.390 e. The third-order valence-corrected chi connectivity index (χ3v) is 8.97. The first-order valence-corrected chi connectivity index (χ1v) is 12.2. The van der Waals surface area contributed by atoms with Crippen molar-refractivity contribution in [3.63, 3.8) is 0 Å². The Bertz CT molecular complexity index is 685. The molecule has 0 spiro atoms. The molecule has 0 amide bonds. The number of rotatable bonds is 9. The SMILES string of the molecule is CCOC(=O)C1(SP(=O)(OCC)OCC)CCC(c2ccccc2)CC1=O. The van der Waals surface area contributed by atoms with Crippen molar-refractivity contribution in [3.05, 3.63) is 35.9 Å². The summed E-state index contributed by atoms with van der Waals surface area (Å²) in [5.41, 5.74) is 1.06. The second-order valence-corrected chi connectivity index (χ2v) is 10.4.